The standard InChI is InChI=1S/C19H13F4N5/c20-11-4-12-9(5-24-27-12)15-13-7-1-2-8(3-7)14(13)16(26-17(11)15)10-6-25-28-18(10)19(21,22)23/h4-8H,1-3H2,(H,24,27)(H,25,28). The van der Waals surface area contributed by atoms with Crippen LogP contribution in [0.15, 0.2) is 18.5 Å². The number of fused-ring (bicyclic) bond motifs is 9. The molecule has 0 radical (unpaired) electrons. The second kappa shape index (κ2) is 5.09. The third-order valence-electron chi connectivity index (χ3n) is 6.14. The number of alkyl halides is 3. The Morgan fingerprint density at radius 3 is 2.54 bits per heavy atom. The average Bonchev–Trinajstić information content (AvgIpc) is 3.42. The van der Waals surface area contributed by atoms with Crippen molar-refractivity contribution in [2.24, 2.45) is 0 Å². The lowest BCUT2D eigenvalue weighted by Gasteiger charge is -2.21. The number of aromatic amines is 2. The van der Waals surface area contributed by atoms with Crippen molar-refractivity contribution in [1.29, 1.82) is 0 Å². The smallest absolute Gasteiger partial charge is 0.278 e. The maximum absolute atomic E-state index is 14.9. The zero-order valence-corrected chi connectivity index (χ0v) is 14.4. The van der Waals surface area contributed by atoms with E-state index in [1.807, 2.05) is 5.10 Å². The van der Waals surface area contributed by atoms with Crippen molar-refractivity contribution in [2.75, 3.05) is 0 Å². The maximum Gasteiger partial charge on any atom is 0.433 e. The molecule has 1 saturated carbocycles. The summed E-state index contributed by atoms with van der Waals surface area (Å²) in [5, 5.41) is 13.9. The number of H-pyrrole nitrogens is 2. The first-order valence-corrected chi connectivity index (χ1v) is 9.03. The largest absolute Gasteiger partial charge is 0.433 e. The summed E-state index contributed by atoms with van der Waals surface area (Å²) >= 11 is 0. The molecule has 2 aliphatic rings. The molecule has 1 fully saturated rings. The normalized spacial score (nSPS) is 21.1. The van der Waals surface area contributed by atoms with E-state index in [-0.39, 0.29) is 28.6 Å². The van der Waals surface area contributed by atoms with Crippen molar-refractivity contribution in [3.8, 4) is 11.3 Å². The van der Waals surface area contributed by atoms with E-state index in [2.05, 4.69) is 20.3 Å². The van der Waals surface area contributed by atoms with Gasteiger partial charge in [-0.2, -0.15) is 23.4 Å². The molecule has 0 saturated heterocycles. The second-order valence-corrected chi connectivity index (χ2v) is 7.56. The first kappa shape index (κ1) is 16.0. The molecule has 2 aliphatic carbocycles. The van der Waals surface area contributed by atoms with Crippen LogP contribution in [0.25, 0.3) is 33.1 Å². The second-order valence-electron chi connectivity index (χ2n) is 7.56. The molecule has 2 N–H and O–H groups in total. The molecule has 2 unspecified atom stereocenters. The highest BCUT2D eigenvalue weighted by Gasteiger charge is 2.44. The fourth-order valence-electron chi connectivity index (χ4n) is 5.09. The summed E-state index contributed by atoms with van der Waals surface area (Å²) < 4.78 is 55.3. The van der Waals surface area contributed by atoms with E-state index in [9.17, 15) is 17.6 Å². The number of hydrogen-bond acceptors (Lipinski definition) is 3. The average molecular weight is 387 g/mol. The fraction of sp³-hybridized carbons (Fsp3) is 0.316. The molecule has 2 bridgehead atoms. The van der Waals surface area contributed by atoms with Crippen LogP contribution in [0.5, 0.6) is 0 Å². The van der Waals surface area contributed by atoms with Crippen LogP contribution in [-0.2, 0) is 6.18 Å². The Hall–Kier alpha value is -2.97. The van der Waals surface area contributed by atoms with Gasteiger partial charge >= 0.3 is 6.18 Å². The predicted molar refractivity (Wildman–Crippen MR) is 93.3 cm³/mol. The Morgan fingerprint density at radius 2 is 1.75 bits per heavy atom. The van der Waals surface area contributed by atoms with Gasteiger partial charge in [0.25, 0.3) is 0 Å². The molecular formula is C19H13F4N5. The number of pyridine rings is 1. The highest BCUT2D eigenvalue weighted by molar-refractivity contribution is 6.08. The molecule has 3 heterocycles. The molecule has 142 valence electrons. The third kappa shape index (κ3) is 1.93. The van der Waals surface area contributed by atoms with Crippen LogP contribution in [0.2, 0.25) is 0 Å². The lowest BCUT2D eigenvalue weighted by atomic mass is 9.85. The molecule has 0 amide bonds. The Kier molecular flexibility index (Phi) is 2.91. The zero-order chi connectivity index (χ0) is 19.2. The quantitative estimate of drug-likeness (QED) is 0.451. The number of rotatable bonds is 1. The van der Waals surface area contributed by atoms with Crippen molar-refractivity contribution in [3.63, 3.8) is 0 Å². The van der Waals surface area contributed by atoms with Gasteiger partial charge < -0.3 is 0 Å². The van der Waals surface area contributed by atoms with Crippen LogP contribution in [0.4, 0.5) is 17.6 Å². The van der Waals surface area contributed by atoms with E-state index < -0.39 is 17.7 Å². The third-order valence-corrected chi connectivity index (χ3v) is 6.14. The van der Waals surface area contributed by atoms with E-state index >= 15 is 0 Å². The molecular weight excluding hydrogens is 374 g/mol. The van der Waals surface area contributed by atoms with E-state index in [1.54, 1.807) is 6.20 Å². The molecule has 9 heteroatoms. The van der Waals surface area contributed by atoms with Crippen LogP contribution in [-0.4, -0.2) is 25.4 Å². The van der Waals surface area contributed by atoms with Gasteiger partial charge in [-0.05, 0) is 42.2 Å². The van der Waals surface area contributed by atoms with Crippen LogP contribution in [0.1, 0.15) is 47.9 Å². The molecule has 1 aromatic carbocycles. The van der Waals surface area contributed by atoms with E-state index in [4.69, 9.17) is 0 Å². The zero-order valence-electron chi connectivity index (χ0n) is 14.4. The van der Waals surface area contributed by atoms with Gasteiger partial charge in [-0.25, -0.2) is 9.37 Å². The minimum atomic E-state index is -4.60. The predicted octanol–water partition coefficient (Wildman–Crippen LogP) is 5.02. The lowest BCUT2D eigenvalue weighted by Crippen LogP contribution is -2.10. The number of nitrogens with one attached hydrogen (secondary N) is 2. The summed E-state index contributed by atoms with van der Waals surface area (Å²) in [6, 6.07) is 1.29. The van der Waals surface area contributed by atoms with Crippen LogP contribution in [0, 0.1) is 5.82 Å². The van der Waals surface area contributed by atoms with Gasteiger partial charge in [-0.1, -0.05) is 0 Å². The number of aromatic nitrogens is 5. The van der Waals surface area contributed by atoms with Crippen molar-refractivity contribution in [3.05, 3.63) is 41.1 Å². The Labute approximate surface area is 155 Å². The summed E-state index contributed by atoms with van der Waals surface area (Å²) in [4.78, 5) is 4.43. The van der Waals surface area contributed by atoms with Gasteiger partial charge in [0.05, 0.1) is 29.2 Å². The Morgan fingerprint density at radius 1 is 1.00 bits per heavy atom. The summed E-state index contributed by atoms with van der Waals surface area (Å²) in [5.41, 5.74) is 1.50. The molecule has 4 aromatic rings. The molecule has 2 atom stereocenters. The summed E-state index contributed by atoms with van der Waals surface area (Å²) in [5.74, 6) is -0.242. The summed E-state index contributed by atoms with van der Waals surface area (Å²) in [7, 11) is 0. The SMILES string of the molecule is Fc1cc2[nH]ncc2c2c3c(c(-c4cn[nH]c4C(F)(F)F)nc12)C1CCC3C1. The minimum Gasteiger partial charge on any atom is -0.278 e. The maximum atomic E-state index is 14.9. The summed E-state index contributed by atoms with van der Waals surface area (Å²) in [6.45, 7) is 0. The Balaban J connectivity index is 1.78. The van der Waals surface area contributed by atoms with Crippen LogP contribution >= 0.6 is 0 Å². The first-order chi connectivity index (χ1) is 13.4. The van der Waals surface area contributed by atoms with E-state index in [0.29, 0.717) is 10.9 Å². The van der Waals surface area contributed by atoms with Gasteiger partial charge in [0, 0.05) is 16.8 Å². The molecule has 6 rings (SSSR count). The molecule has 5 nitrogen and oxygen atoms in total. The first-order valence-electron chi connectivity index (χ1n) is 9.03. The topological polar surface area (TPSA) is 70.2 Å². The van der Waals surface area contributed by atoms with Gasteiger partial charge in [0.2, 0.25) is 0 Å². The molecule has 0 aliphatic heterocycles. The lowest BCUT2D eigenvalue weighted by molar-refractivity contribution is -0.140. The van der Waals surface area contributed by atoms with Crippen molar-refractivity contribution >= 4 is 21.8 Å². The number of halogens is 4. The molecule has 3 aromatic heterocycles. The number of benzene rings is 1. The van der Waals surface area contributed by atoms with Gasteiger partial charge in [0.1, 0.15) is 11.2 Å². The fourth-order valence-corrected chi connectivity index (χ4v) is 5.09. The van der Waals surface area contributed by atoms with Crippen molar-refractivity contribution in [2.45, 2.75) is 37.3 Å². The highest BCUT2D eigenvalue weighted by atomic mass is 19.4. The van der Waals surface area contributed by atoms with Crippen molar-refractivity contribution < 1.29 is 17.6 Å². The number of hydrogen-bond donors (Lipinski definition) is 2. The molecule has 0 spiro atoms. The van der Waals surface area contributed by atoms with E-state index in [0.717, 1.165) is 42.0 Å². The van der Waals surface area contributed by atoms with Gasteiger partial charge in [-0.15, -0.1) is 0 Å². The number of nitrogens with zero attached hydrogens (tertiary/aromatic N) is 3. The van der Waals surface area contributed by atoms with Gasteiger partial charge in [-0.3, -0.25) is 10.2 Å². The van der Waals surface area contributed by atoms with Crippen molar-refractivity contribution in [1.82, 2.24) is 25.4 Å². The van der Waals surface area contributed by atoms with Crippen LogP contribution < -0.4 is 0 Å². The summed E-state index contributed by atoms with van der Waals surface area (Å²) in [6.07, 6.45) is 0.879. The highest BCUT2D eigenvalue weighted by Crippen LogP contribution is 2.58. The monoisotopic (exact) mass is 387 g/mol. The van der Waals surface area contributed by atoms with E-state index in [1.165, 1.54) is 6.07 Å². The van der Waals surface area contributed by atoms with Gasteiger partial charge in [0.15, 0.2) is 5.82 Å². The van der Waals surface area contributed by atoms with Crippen LogP contribution in [0.3, 0.4) is 0 Å². The molecule has 28 heavy (non-hydrogen) atoms. The minimum absolute atomic E-state index is 0.0875. The Bertz CT molecular complexity index is 1270.